The third-order valence-corrected chi connectivity index (χ3v) is 9.51. The van der Waals surface area contributed by atoms with E-state index in [9.17, 15) is 9.59 Å². The van der Waals surface area contributed by atoms with Gasteiger partial charge in [0.15, 0.2) is 0 Å². The molecule has 2 N–H and O–H groups in total. The first kappa shape index (κ1) is 32.9. The zero-order valence-corrected chi connectivity index (χ0v) is 27.4. The number of ether oxygens (including phenoxy) is 1. The molecule has 1 unspecified atom stereocenters. The Bertz CT molecular complexity index is 1420. The number of para-hydroxylation sites is 1. The second-order valence-corrected chi connectivity index (χ2v) is 12.3. The topological polar surface area (TPSA) is 77.2 Å². The second kappa shape index (κ2) is 15.7. The highest BCUT2D eigenvalue weighted by Gasteiger charge is 2.34. The zero-order valence-electron chi connectivity index (χ0n) is 26.7. The molecule has 2 heterocycles. The van der Waals surface area contributed by atoms with Gasteiger partial charge in [-0.15, -0.1) is 0 Å². The Morgan fingerprint density at radius 3 is 2.31 bits per heavy atom. The van der Waals surface area contributed by atoms with E-state index in [0.29, 0.717) is 37.5 Å². The number of nitrogens with zero attached hydrogens (tertiary/aromatic N) is 3. The summed E-state index contributed by atoms with van der Waals surface area (Å²) in [6.07, 6.45) is 0.997. The van der Waals surface area contributed by atoms with E-state index in [0.717, 1.165) is 44.0 Å². The number of nitrogens with one attached hydrogen (secondary N) is 2. The number of methoxy groups -OCH3 is 1. The maximum Gasteiger partial charge on any atom is 0.245 e. The molecule has 9 heteroatoms. The molecule has 2 aliphatic rings. The normalized spacial score (nSPS) is 18.2. The number of carbonyl (C=O) groups is 2. The van der Waals surface area contributed by atoms with Crippen molar-refractivity contribution in [1.82, 2.24) is 25.3 Å². The smallest absolute Gasteiger partial charge is 0.245 e. The van der Waals surface area contributed by atoms with Crippen molar-refractivity contribution < 1.29 is 14.3 Å². The van der Waals surface area contributed by atoms with Crippen LogP contribution in [0.5, 0.6) is 5.75 Å². The van der Waals surface area contributed by atoms with E-state index in [1.807, 2.05) is 53.4 Å². The summed E-state index contributed by atoms with van der Waals surface area (Å²) in [5.74, 6) is 0.690. The van der Waals surface area contributed by atoms with Crippen LogP contribution in [0.15, 0.2) is 72.8 Å². The first-order valence-corrected chi connectivity index (χ1v) is 16.5. The summed E-state index contributed by atoms with van der Waals surface area (Å²) in [4.78, 5) is 34.5. The average molecular weight is 632 g/mol. The van der Waals surface area contributed by atoms with Crippen LogP contribution >= 0.6 is 11.6 Å². The third kappa shape index (κ3) is 8.24. The van der Waals surface area contributed by atoms with Gasteiger partial charge in [0.25, 0.3) is 0 Å². The Morgan fingerprint density at radius 2 is 1.62 bits per heavy atom. The molecule has 2 amide bonds. The monoisotopic (exact) mass is 631 g/mol. The van der Waals surface area contributed by atoms with Gasteiger partial charge in [-0.3, -0.25) is 14.5 Å². The van der Waals surface area contributed by atoms with Gasteiger partial charge in [0, 0.05) is 56.3 Å². The van der Waals surface area contributed by atoms with Gasteiger partial charge in [0.1, 0.15) is 11.8 Å². The Labute approximate surface area is 272 Å². The number of rotatable bonds is 12. The lowest BCUT2D eigenvalue weighted by molar-refractivity contribution is -0.138. The molecule has 8 nitrogen and oxygen atoms in total. The van der Waals surface area contributed by atoms with Crippen LogP contribution in [0, 0.1) is 0 Å². The Hall–Kier alpha value is -3.43. The van der Waals surface area contributed by atoms with Crippen molar-refractivity contribution in [3.8, 4) is 5.75 Å². The van der Waals surface area contributed by atoms with Crippen LogP contribution in [0.4, 0.5) is 0 Å². The van der Waals surface area contributed by atoms with Crippen LogP contribution in [0.2, 0.25) is 5.02 Å². The summed E-state index contributed by atoms with van der Waals surface area (Å²) in [6.45, 7) is 10.5. The van der Waals surface area contributed by atoms with Gasteiger partial charge in [-0.2, -0.15) is 0 Å². The van der Waals surface area contributed by atoms with Crippen molar-refractivity contribution in [2.24, 2.45) is 0 Å². The lowest BCUT2D eigenvalue weighted by atomic mass is 9.95. The SMILES string of the molecule is CCN(CC)CC(c1ccccc1OC)N1CCN(C(=O)[C@@H](Cc2ccc(Cl)cc2)NC(=O)[C@H]2Cc3ccccc3CN2)CC1. The fourth-order valence-corrected chi connectivity index (χ4v) is 6.65. The summed E-state index contributed by atoms with van der Waals surface area (Å²) in [6, 6.07) is 23.0. The molecule has 0 aromatic heterocycles. The summed E-state index contributed by atoms with van der Waals surface area (Å²) < 4.78 is 5.76. The minimum Gasteiger partial charge on any atom is -0.496 e. The van der Waals surface area contributed by atoms with Crippen LogP contribution in [-0.2, 0) is 29.0 Å². The number of hydrogen-bond acceptors (Lipinski definition) is 6. The highest BCUT2D eigenvalue weighted by molar-refractivity contribution is 6.30. The summed E-state index contributed by atoms with van der Waals surface area (Å²) in [7, 11) is 1.72. The molecule has 0 spiro atoms. The molecule has 0 bridgehead atoms. The molecule has 1 saturated heterocycles. The van der Waals surface area contributed by atoms with E-state index < -0.39 is 6.04 Å². The van der Waals surface area contributed by atoms with Crippen LogP contribution < -0.4 is 15.4 Å². The van der Waals surface area contributed by atoms with Crippen molar-refractivity contribution in [3.63, 3.8) is 0 Å². The quantitative estimate of drug-likeness (QED) is 0.310. The lowest BCUT2D eigenvalue weighted by Gasteiger charge is -2.42. The maximum atomic E-state index is 14.1. The van der Waals surface area contributed by atoms with E-state index in [4.69, 9.17) is 16.3 Å². The summed E-state index contributed by atoms with van der Waals surface area (Å²) >= 11 is 6.14. The van der Waals surface area contributed by atoms with Gasteiger partial charge >= 0.3 is 0 Å². The molecule has 45 heavy (non-hydrogen) atoms. The van der Waals surface area contributed by atoms with Crippen LogP contribution in [0.1, 0.15) is 42.1 Å². The molecule has 240 valence electrons. The molecule has 0 radical (unpaired) electrons. The molecule has 0 saturated carbocycles. The van der Waals surface area contributed by atoms with Crippen molar-refractivity contribution in [2.75, 3.05) is 52.9 Å². The highest BCUT2D eigenvalue weighted by Crippen LogP contribution is 2.31. The van der Waals surface area contributed by atoms with Gasteiger partial charge in [0.2, 0.25) is 11.8 Å². The summed E-state index contributed by atoms with van der Waals surface area (Å²) in [5, 5.41) is 7.13. The molecule has 3 aromatic carbocycles. The number of hydrogen-bond donors (Lipinski definition) is 2. The number of fused-ring (bicyclic) bond motifs is 1. The third-order valence-electron chi connectivity index (χ3n) is 9.26. The number of amides is 2. The van der Waals surface area contributed by atoms with E-state index in [1.165, 1.54) is 16.7 Å². The molecule has 3 atom stereocenters. The molecule has 1 fully saturated rings. The molecule has 2 aliphatic heterocycles. The predicted octanol–water partition coefficient (Wildman–Crippen LogP) is 4.32. The first-order valence-electron chi connectivity index (χ1n) is 16.1. The van der Waals surface area contributed by atoms with Gasteiger partial charge in [-0.05, 0) is 54.4 Å². The average Bonchev–Trinajstić information content (AvgIpc) is 3.09. The van der Waals surface area contributed by atoms with Crippen LogP contribution in [-0.4, -0.2) is 91.5 Å². The van der Waals surface area contributed by atoms with Crippen LogP contribution in [0.3, 0.4) is 0 Å². The first-order chi connectivity index (χ1) is 21.9. The van der Waals surface area contributed by atoms with Crippen molar-refractivity contribution in [2.45, 2.75) is 51.4 Å². The maximum absolute atomic E-state index is 14.1. The molecular weight excluding hydrogens is 586 g/mol. The Morgan fingerprint density at radius 1 is 0.956 bits per heavy atom. The van der Waals surface area contributed by atoms with Gasteiger partial charge in [0.05, 0.1) is 19.2 Å². The Kier molecular flexibility index (Phi) is 11.5. The second-order valence-electron chi connectivity index (χ2n) is 11.9. The lowest BCUT2D eigenvalue weighted by Crippen LogP contribution is -2.58. The number of benzene rings is 3. The zero-order chi connectivity index (χ0) is 31.8. The van der Waals surface area contributed by atoms with Crippen LogP contribution in [0.25, 0.3) is 0 Å². The highest BCUT2D eigenvalue weighted by atomic mass is 35.5. The van der Waals surface area contributed by atoms with E-state index >= 15 is 0 Å². The predicted molar refractivity (Wildman–Crippen MR) is 180 cm³/mol. The standard InChI is InChI=1S/C36H46ClN5O3/c1-4-40(5-2)25-33(30-12-8-9-13-34(30)45-3)41-18-20-42(21-19-41)36(44)32(22-26-14-16-29(37)17-15-26)39-35(43)31-23-27-10-6-7-11-28(27)24-38-31/h6-17,31-33,38H,4-5,18-25H2,1-3H3,(H,39,43)/t31-,32-,33?/m1/s1. The van der Waals surface area contributed by atoms with Gasteiger partial charge in [-0.25, -0.2) is 0 Å². The van der Waals surface area contributed by atoms with Gasteiger partial charge < -0.3 is 25.2 Å². The minimum atomic E-state index is -0.676. The van der Waals surface area contributed by atoms with Crippen molar-refractivity contribution in [3.05, 3.63) is 100 Å². The van der Waals surface area contributed by atoms with Crippen molar-refractivity contribution in [1.29, 1.82) is 0 Å². The molecular formula is C36H46ClN5O3. The fraction of sp³-hybridized carbons (Fsp3) is 0.444. The fourth-order valence-electron chi connectivity index (χ4n) is 6.52. The van der Waals surface area contributed by atoms with Gasteiger partial charge in [-0.1, -0.05) is 80.0 Å². The molecule has 0 aliphatic carbocycles. The molecule has 5 rings (SSSR count). The van der Waals surface area contributed by atoms with E-state index in [-0.39, 0.29) is 23.9 Å². The number of halogens is 1. The minimum absolute atomic E-state index is 0.0493. The number of carbonyl (C=O) groups excluding carboxylic acids is 2. The number of likely N-dealkylation sites (N-methyl/N-ethyl adjacent to an activating group) is 1. The Balaban J connectivity index is 1.30. The largest absolute Gasteiger partial charge is 0.496 e. The molecule has 3 aromatic rings. The van der Waals surface area contributed by atoms with Crippen molar-refractivity contribution >= 4 is 23.4 Å². The summed E-state index contributed by atoms with van der Waals surface area (Å²) in [5.41, 5.74) is 4.50. The van der Waals surface area contributed by atoms with E-state index in [1.54, 1.807) is 7.11 Å². The van der Waals surface area contributed by atoms with E-state index in [2.05, 4.69) is 58.5 Å². The number of piperazine rings is 1.